The molecule has 0 radical (unpaired) electrons. The first kappa shape index (κ1) is 22.4. The second kappa shape index (κ2) is 10.7. The topological polar surface area (TPSA) is 23.6 Å². The van der Waals surface area contributed by atoms with Crippen molar-refractivity contribution in [2.24, 2.45) is 0 Å². The molecule has 1 aliphatic rings. The van der Waals surface area contributed by atoms with Gasteiger partial charge in [0.15, 0.2) is 0 Å². The Balaban J connectivity index is 1.70. The monoisotopic (exact) mass is 454 g/mol. The number of rotatable bonds is 8. The molecule has 1 heterocycles. The number of nitrogens with zero attached hydrogens (tertiary/aromatic N) is 2. The van der Waals surface area contributed by atoms with Crippen LogP contribution in [0.5, 0.6) is 0 Å². The fourth-order valence-corrected chi connectivity index (χ4v) is 5.14. The van der Waals surface area contributed by atoms with Crippen molar-refractivity contribution in [3.63, 3.8) is 0 Å². The summed E-state index contributed by atoms with van der Waals surface area (Å²) in [4.78, 5) is 17.2. The Morgan fingerprint density at radius 2 is 2.00 bits per heavy atom. The lowest BCUT2D eigenvalue weighted by Gasteiger charge is -2.28. The molecule has 0 spiro atoms. The van der Waals surface area contributed by atoms with Crippen LogP contribution in [0.3, 0.4) is 0 Å². The first-order valence-electron chi connectivity index (χ1n) is 9.80. The second-order valence-corrected chi connectivity index (χ2v) is 9.19. The standard InChI is InChI=1S/C22H25Cl2FN2OS/c1-2-3-10-26(14-17-4-7-18(23)13-20(17)24)15-21(28)27-11-12-29-22(27)16-5-8-19(25)9-6-16/h4-9,13,22H,2-3,10-12,14-15H2,1H3/t22-/m0/s1. The summed E-state index contributed by atoms with van der Waals surface area (Å²) >= 11 is 14.1. The van der Waals surface area contributed by atoms with Gasteiger partial charge in [0.05, 0.1) is 6.54 Å². The van der Waals surface area contributed by atoms with E-state index in [0.717, 1.165) is 36.3 Å². The first-order valence-corrected chi connectivity index (χ1v) is 11.6. The molecular weight excluding hydrogens is 430 g/mol. The molecule has 1 atom stereocenters. The lowest BCUT2D eigenvalue weighted by atomic mass is 10.2. The van der Waals surface area contributed by atoms with Crippen LogP contribution in [0.15, 0.2) is 42.5 Å². The summed E-state index contributed by atoms with van der Waals surface area (Å²) in [7, 11) is 0. The van der Waals surface area contributed by atoms with Gasteiger partial charge >= 0.3 is 0 Å². The predicted octanol–water partition coefficient (Wildman–Crippen LogP) is 6.01. The molecule has 1 fully saturated rings. The highest BCUT2D eigenvalue weighted by atomic mass is 35.5. The van der Waals surface area contributed by atoms with E-state index in [0.29, 0.717) is 29.7 Å². The number of hydrogen-bond acceptors (Lipinski definition) is 3. The van der Waals surface area contributed by atoms with E-state index in [1.807, 2.05) is 17.0 Å². The number of benzene rings is 2. The number of carbonyl (C=O) groups is 1. The van der Waals surface area contributed by atoms with Gasteiger partial charge in [-0.1, -0.05) is 54.7 Å². The minimum absolute atomic E-state index is 0.0600. The molecule has 0 aliphatic carbocycles. The van der Waals surface area contributed by atoms with Crippen LogP contribution in [0, 0.1) is 5.82 Å². The van der Waals surface area contributed by atoms with E-state index < -0.39 is 0 Å². The number of carbonyl (C=O) groups excluding carboxylic acids is 1. The largest absolute Gasteiger partial charge is 0.325 e. The molecule has 1 amide bonds. The van der Waals surface area contributed by atoms with Gasteiger partial charge in [0.1, 0.15) is 11.2 Å². The molecule has 0 aromatic heterocycles. The Bertz CT molecular complexity index is 834. The van der Waals surface area contributed by atoms with E-state index in [1.54, 1.807) is 30.0 Å². The third kappa shape index (κ3) is 6.11. The van der Waals surface area contributed by atoms with E-state index in [1.165, 1.54) is 12.1 Å². The van der Waals surface area contributed by atoms with Crippen molar-refractivity contribution in [1.29, 1.82) is 0 Å². The highest BCUT2D eigenvalue weighted by Crippen LogP contribution is 2.38. The first-order chi connectivity index (χ1) is 14.0. The van der Waals surface area contributed by atoms with Crippen molar-refractivity contribution in [2.45, 2.75) is 31.7 Å². The highest BCUT2D eigenvalue weighted by molar-refractivity contribution is 7.99. The van der Waals surface area contributed by atoms with Crippen LogP contribution < -0.4 is 0 Å². The maximum Gasteiger partial charge on any atom is 0.237 e. The third-order valence-corrected chi connectivity index (χ3v) is 6.81. The SMILES string of the molecule is CCCCN(CC(=O)N1CCS[C@H]1c1ccc(F)cc1)Cc1ccc(Cl)cc1Cl. The van der Waals surface area contributed by atoms with E-state index in [4.69, 9.17) is 23.2 Å². The van der Waals surface area contributed by atoms with Gasteiger partial charge in [-0.2, -0.15) is 0 Å². The van der Waals surface area contributed by atoms with Crippen molar-refractivity contribution in [3.05, 3.63) is 69.5 Å². The highest BCUT2D eigenvalue weighted by Gasteiger charge is 2.31. The fourth-order valence-electron chi connectivity index (χ4n) is 3.40. The van der Waals surface area contributed by atoms with Gasteiger partial charge in [-0.3, -0.25) is 9.69 Å². The maximum atomic E-state index is 13.3. The Hall–Kier alpha value is -1.27. The quantitative estimate of drug-likeness (QED) is 0.487. The Kier molecular flexibility index (Phi) is 8.25. The number of amides is 1. The van der Waals surface area contributed by atoms with Crippen molar-refractivity contribution < 1.29 is 9.18 Å². The van der Waals surface area contributed by atoms with Gasteiger partial charge in [0, 0.05) is 28.9 Å². The number of halogens is 3. The summed E-state index contributed by atoms with van der Waals surface area (Å²) in [6.07, 6.45) is 2.06. The molecule has 1 aliphatic heterocycles. The zero-order chi connectivity index (χ0) is 20.8. The van der Waals surface area contributed by atoms with Crippen LogP contribution in [0.4, 0.5) is 4.39 Å². The fraction of sp³-hybridized carbons (Fsp3) is 0.409. The molecule has 7 heteroatoms. The average Bonchev–Trinajstić information content (AvgIpc) is 3.18. The molecule has 2 aromatic rings. The van der Waals surface area contributed by atoms with Crippen LogP contribution in [0.1, 0.15) is 36.3 Å². The normalized spacial score (nSPS) is 16.6. The van der Waals surface area contributed by atoms with Crippen LogP contribution >= 0.6 is 35.0 Å². The lowest BCUT2D eigenvalue weighted by molar-refractivity contribution is -0.132. The van der Waals surface area contributed by atoms with Gasteiger partial charge in [0.2, 0.25) is 5.91 Å². The zero-order valence-corrected chi connectivity index (χ0v) is 18.7. The average molecular weight is 455 g/mol. The summed E-state index contributed by atoms with van der Waals surface area (Å²) < 4.78 is 13.3. The molecule has 29 heavy (non-hydrogen) atoms. The maximum absolute atomic E-state index is 13.3. The predicted molar refractivity (Wildman–Crippen MR) is 120 cm³/mol. The summed E-state index contributed by atoms with van der Waals surface area (Å²) in [6, 6.07) is 11.9. The molecule has 3 rings (SSSR count). The Morgan fingerprint density at radius 3 is 2.69 bits per heavy atom. The van der Waals surface area contributed by atoms with Crippen LogP contribution in [-0.2, 0) is 11.3 Å². The third-order valence-electron chi connectivity index (χ3n) is 4.96. The number of hydrogen-bond donors (Lipinski definition) is 0. The van der Waals surface area contributed by atoms with Crippen molar-refractivity contribution >= 4 is 40.9 Å². The van der Waals surface area contributed by atoms with Gasteiger partial charge in [-0.05, 0) is 48.4 Å². The number of unbranched alkanes of at least 4 members (excludes halogenated alkanes) is 1. The molecule has 0 N–H and O–H groups in total. The van der Waals surface area contributed by atoms with Gasteiger partial charge in [-0.15, -0.1) is 11.8 Å². The second-order valence-electron chi connectivity index (χ2n) is 7.16. The molecule has 0 saturated carbocycles. The van der Waals surface area contributed by atoms with E-state index in [-0.39, 0.29) is 17.1 Å². The molecule has 2 aromatic carbocycles. The molecule has 0 unspecified atom stereocenters. The van der Waals surface area contributed by atoms with Crippen molar-refractivity contribution in [1.82, 2.24) is 9.80 Å². The minimum Gasteiger partial charge on any atom is -0.325 e. The molecular formula is C22H25Cl2FN2OS. The Morgan fingerprint density at radius 1 is 1.24 bits per heavy atom. The summed E-state index contributed by atoms with van der Waals surface area (Å²) in [5.74, 6) is 0.705. The summed E-state index contributed by atoms with van der Waals surface area (Å²) in [5.41, 5.74) is 1.92. The number of thioether (sulfide) groups is 1. The van der Waals surface area contributed by atoms with Crippen LogP contribution in [0.2, 0.25) is 10.0 Å². The van der Waals surface area contributed by atoms with E-state index in [2.05, 4.69) is 11.8 Å². The molecule has 1 saturated heterocycles. The van der Waals surface area contributed by atoms with E-state index >= 15 is 0 Å². The van der Waals surface area contributed by atoms with Gasteiger partial charge in [-0.25, -0.2) is 4.39 Å². The Labute approximate surface area is 186 Å². The van der Waals surface area contributed by atoms with Gasteiger partial charge < -0.3 is 4.90 Å². The lowest BCUT2D eigenvalue weighted by Crippen LogP contribution is -2.40. The van der Waals surface area contributed by atoms with Crippen molar-refractivity contribution in [2.75, 3.05) is 25.4 Å². The minimum atomic E-state index is -0.264. The van der Waals surface area contributed by atoms with Gasteiger partial charge in [0.25, 0.3) is 0 Å². The molecule has 156 valence electrons. The summed E-state index contributed by atoms with van der Waals surface area (Å²) in [6.45, 7) is 4.59. The van der Waals surface area contributed by atoms with Crippen LogP contribution in [-0.4, -0.2) is 41.1 Å². The summed E-state index contributed by atoms with van der Waals surface area (Å²) in [5, 5.41) is 1.16. The van der Waals surface area contributed by atoms with Crippen molar-refractivity contribution in [3.8, 4) is 0 Å². The zero-order valence-electron chi connectivity index (χ0n) is 16.4. The van der Waals surface area contributed by atoms with E-state index in [9.17, 15) is 9.18 Å². The smallest absolute Gasteiger partial charge is 0.237 e. The van der Waals surface area contributed by atoms with Crippen LogP contribution in [0.25, 0.3) is 0 Å². The molecule has 0 bridgehead atoms. The molecule has 3 nitrogen and oxygen atoms in total.